The number of nitrogens with two attached hydrogens (primary N) is 1. The maximum atomic E-state index is 10.0. The molecular weight excluding hydrogens is 216 g/mol. The van der Waals surface area contributed by atoms with E-state index in [1.807, 2.05) is 4.57 Å². The number of imidazole rings is 1. The van der Waals surface area contributed by atoms with Gasteiger partial charge in [-0.05, 0) is 26.8 Å². The van der Waals surface area contributed by atoms with Gasteiger partial charge in [0, 0.05) is 23.8 Å². The van der Waals surface area contributed by atoms with Crippen LogP contribution in [0.1, 0.15) is 38.5 Å². The summed E-state index contributed by atoms with van der Waals surface area (Å²) in [6.45, 7) is 5.91. The Kier molecular flexibility index (Phi) is 3.13. The zero-order chi connectivity index (χ0) is 12.6. The molecule has 0 aliphatic carbocycles. The Bertz CT molecular complexity index is 518. The van der Waals surface area contributed by atoms with Crippen molar-refractivity contribution >= 4 is 11.2 Å². The molecule has 0 radical (unpaired) electrons. The Morgan fingerprint density at radius 1 is 1.29 bits per heavy atom. The van der Waals surface area contributed by atoms with E-state index in [2.05, 4.69) is 23.8 Å². The summed E-state index contributed by atoms with van der Waals surface area (Å²) in [5.41, 5.74) is 7.98. The molecule has 5 heteroatoms. The number of pyridine rings is 1. The third-order valence-corrected chi connectivity index (χ3v) is 2.86. The molecule has 5 nitrogen and oxygen atoms in total. The lowest BCUT2D eigenvalue weighted by molar-refractivity contribution is 0.154. The highest BCUT2D eigenvalue weighted by Crippen LogP contribution is 2.24. The van der Waals surface area contributed by atoms with Gasteiger partial charge < -0.3 is 15.4 Å². The van der Waals surface area contributed by atoms with Gasteiger partial charge in [-0.3, -0.25) is 0 Å². The third-order valence-electron chi connectivity index (χ3n) is 2.86. The summed E-state index contributed by atoms with van der Waals surface area (Å²) in [7, 11) is 0. The molecule has 0 fully saturated rings. The van der Waals surface area contributed by atoms with Crippen LogP contribution in [0.3, 0.4) is 0 Å². The Balaban J connectivity index is 2.59. The summed E-state index contributed by atoms with van der Waals surface area (Å²) in [6.07, 6.45) is 2.72. The second kappa shape index (κ2) is 4.43. The van der Waals surface area contributed by atoms with Crippen LogP contribution in [0.25, 0.3) is 11.2 Å². The van der Waals surface area contributed by atoms with E-state index in [4.69, 9.17) is 5.73 Å². The van der Waals surface area contributed by atoms with E-state index in [1.54, 1.807) is 25.5 Å². The molecule has 0 aliphatic rings. The van der Waals surface area contributed by atoms with Gasteiger partial charge in [0.25, 0.3) is 0 Å². The molecule has 0 aromatic carbocycles. The second-order valence-corrected chi connectivity index (χ2v) is 4.62. The van der Waals surface area contributed by atoms with Gasteiger partial charge >= 0.3 is 0 Å². The number of nitrogens with zero attached hydrogens (tertiary/aromatic N) is 3. The lowest BCUT2D eigenvalue weighted by atomic mass is 10.0. The summed E-state index contributed by atoms with van der Waals surface area (Å²) in [5, 5.41) is 10.0. The first-order valence-corrected chi connectivity index (χ1v) is 5.77. The number of aliphatic hydroxyl groups is 1. The van der Waals surface area contributed by atoms with Crippen molar-refractivity contribution in [3.63, 3.8) is 0 Å². The summed E-state index contributed by atoms with van der Waals surface area (Å²) >= 11 is 0. The highest BCUT2D eigenvalue weighted by Gasteiger charge is 2.18. The molecule has 3 N–H and O–H groups in total. The monoisotopic (exact) mass is 234 g/mol. The number of aromatic nitrogens is 3. The van der Waals surface area contributed by atoms with Gasteiger partial charge in [0.15, 0.2) is 5.65 Å². The number of rotatable bonds is 3. The lowest BCUT2D eigenvalue weighted by Crippen LogP contribution is -2.24. The highest BCUT2D eigenvalue weighted by molar-refractivity contribution is 5.75. The molecule has 2 aromatic rings. The van der Waals surface area contributed by atoms with Gasteiger partial charge in [0.05, 0.1) is 12.4 Å². The Labute approximate surface area is 100 Å². The van der Waals surface area contributed by atoms with Crippen LogP contribution in [-0.4, -0.2) is 25.7 Å². The molecule has 0 amide bonds. The highest BCUT2D eigenvalue weighted by atomic mass is 16.3. The molecule has 2 rings (SSSR count). The molecule has 0 spiro atoms. The smallest absolute Gasteiger partial charge is 0.160 e. The first-order valence-electron chi connectivity index (χ1n) is 5.77. The van der Waals surface area contributed by atoms with Crippen LogP contribution < -0.4 is 5.73 Å². The van der Waals surface area contributed by atoms with E-state index in [-0.39, 0.29) is 12.1 Å². The summed E-state index contributed by atoms with van der Waals surface area (Å²) in [6, 6.07) is 1.73. The molecule has 2 aromatic heterocycles. The number of fused-ring (bicyclic) bond motifs is 1. The van der Waals surface area contributed by atoms with Crippen molar-refractivity contribution in [3.05, 3.63) is 24.2 Å². The fourth-order valence-electron chi connectivity index (χ4n) is 1.85. The minimum atomic E-state index is -0.712. The molecule has 92 valence electrons. The summed E-state index contributed by atoms with van der Waals surface area (Å²) in [4.78, 5) is 8.64. The number of hydrogen-bond acceptors (Lipinski definition) is 4. The zero-order valence-electron chi connectivity index (χ0n) is 10.3. The van der Waals surface area contributed by atoms with Gasteiger partial charge in [-0.15, -0.1) is 0 Å². The fourth-order valence-corrected chi connectivity index (χ4v) is 1.85. The molecule has 2 atom stereocenters. The predicted octanol–water partition coefficient (Wildman–Crippen LogP) is 1.39. The molecule has 0 saturated carbocycles. The Morgan fingerprint density at radius 3 is 2.59 bits per heavy atom. The van der Waals surface area contributed by atoms with Crippen LogP contribution in [0.4, 0.5) is 0 Å². The van der Waals surface area contributed by atoms with E-state index in [0.717, 1.165) is 16.7 Å². The summed E-state index contributed by atoms with van der Waals surface area (Å²) in [5.74, 6) is 0. The first kappa shape index (κ1) is 12.0. The van der Waals surface area contributed by atoms with Crippen molar-refractivity contribution < 1.29 is 5.11 Å². The maximum Gasteiger partial charge on any atom is 0.160 e. The van der Waals surface area contributed by atoms with Crippen molar-refractivity contribution in [1.82, 2.24) is 14.5 Å². The summed E-state index contributed by atoms with van der Waals surface area (Å²) < 4.78 is 1.98. The topological polar surface area (TPSA) is 77.0 Å². The average Bonchev–Trinajstić information content (AvgIpc) is 2.71. The van der Waals surface area contributed by atoms with E-state index < -0.39 is 6.10 Å². The van der Waals surface area contributed by atoms with Gasteiger partial charge in [-0.2, -0.15) is 0 Å². The molecule has 2 unspecified atom stereocenters. The second-order valence-electron chi connectivity index (χ2n) is 4.62. The van der Waals surface area contributed by atoms with Crippen LogP contribution in [0.5, 0.6) is 0 Å². The number of hydrogen-bond donors (Lipinski definition) is 2. The fraction of sp³-hybridized carbons (Fsp3) is 0.500. The average molecular weight is 234 g/mol. The van der Waals surface area contributed by atoms with Crippen LogP contribution in [0.15, 0.2) is 18.6 Å². The molecular formula is C12H18N4O. The minimum Gasteiger partial charge on any atom is -0.387 e. The zero-order valence-corrected chi connectivity index (χ0v) is 10.3. The van der Waals surface area contributed by atoms with Gasteiger partial charge in [-0.25, -0.2) is 9.97 Å². The largest absolute Gasteiger partial charge is 0.387 e. The quantitative estimate of drug-likeness (QED) is 0.841. The van der Waals surface area contributed by atoms with Crippen molar-refractivity contribution in [3.8, 4) is 0 Å². The lowest BCUT2D eigenvalue weighted by Gasteiger charge is -2.15. The first-order chi connectivity index (χ1) is 8.02. The normalized spacial score (nSPS) is 15.4. The van der Waals surface area contributed by atoms with Crippen LogP contribution in [0.2, 0.25) is 0 Å². The maximum absolute atomic E-state index is 10.0. The van der Waals surface area contributed by atoms with Crippen molar-refractivity contribution in [2.45, 2.75) is 39.0 Å². The minimum absolute atomic E-state index is 0.287. The van der Waals surface area contributed by atoms with Gasteiger partial charge in [0.2, 0.25) is 0 Å². The van der Waals surface area contributed by atoms with Crippen LogP contribution in [0, 0.1) is 0 Å². The molecule has 0 saturated heterocycles. The number of aliphatic hydroxyl groups excluding tert-OH is 1. The van der Waals surface area contributed by atoms with E-state index >= 15 is 0 Å². The predicted molar refractivity (Wildman–Crippen MR) is 66.5 cm³/mol. The van der Waals surface area contributed by atoms with Crippen molar-refractivity contribution in [1.29, 1.82) is 0 Å². The van der Waals surface area contributed by atoms with Crippen molar-refractivity contribution in [2.75, 3.05) is 0 Å². The van der Waals surface area contributed by atoms with Crippen LogP contribution >= 0.6 is 0 Å². The molecule has 2 heterocycles. The van der Waals surface area contributed by atoms with E-state index in [1.165, 1.54) is 0 Å². The van der Waals surface area contributed by atoms with Gasteiger partial charge in [-0.1, -0.05) is 0 Å². The van der Waals surface area contributed by atoms with E-state index in [9.17, 15) is 5.11 Å². The molecule has 17 heavy (non-hydrogen) atoms. The third kappa shape index (κ3) is 2.03. The van der Waals surface area contributed by atoms with Crippen molar-refractivity contribution in [2.24, 2.45) is 5.73 Å². The van der Waals surface area contributed by atoms with E-state index in [0.29, 0.717) is 0 Å². The standard InChI is InChI=1S/C12H18N4O/c1-7(2)16-6-15-10-9(11(17)8(3)13)4-5-14-12(10)16/h4-8,11,17H,13H2,1-3H3. The SMILES string of the molecule is CC(N)C(O)c1ccnc2c1ncn2C(C)C. The van der Waals surface area contributed by atoms with Crippen LogP contribution in [-0.2, 0) is 0 Å². The van der Waals surface area contributed by atoms with Gasteiger partial charge in [0.1, 0.15) is 5.52 Å². The molecule has 0 aliphatic heterocycles. The Morgan fingerprint density at radius 2 is 2.00 bits per heavy atom. The molecule has 0 bridgehead atoms. The Hall–Kier alpha value is -1.46.